The third kappa shape index (κ3) is 4.27. The molecule has 1 atom stereocenters. The first-order chi connectivity index (χ1) is 14.6. The summed E-state index contributed by atoms with van der Waals surface area (Å²) < 4.78 is 5.92. The van der Waals surface area contributed by atoms with Gasteiger partial charge in [0.25, 0.3) is 0 Å². The van der Waals surface area contributed by atoms with E-state index in [1.807, 2.05) is 30.3 Å². The molecule has 2 heterocycles. The highest BCUT2D eigenvalue weighted by Gasteiger charge is 2.45. The topological polar surface area (TPSA) is 65.6 Å². The Balaban J connectivity index is 1.24. The molecule has 1 unspecified atom stereocenters. The van der Waals surface area contributed by atoms with Crippen LogP contribution in [-0.2, 0) is 0 Å². The number of nitrogens with one attached hydrogen (secondary N) is 1. The van der Waals surface area contributed by atoms with Crippen LogP contribution in [0.25, 0.3) is 21.9 Å². The number of β-amino-alcohol motifs (C(OH)–C–C–N with tert-alkyl or cyclic N) is 1. The lowest BCUT2D eigenvalue weighted by molar-refractivity contribution is 0.0485. The average Bonchev–Trinajstić information content (AvgIpc) is 3.50. The zero-order valence-electron chi connectivity index (χ0n) is 17.1. The number of hydrogen-bond acceptors (Lipinski definition) is 4. The number of benzene rings is 2. The summed E-state index contributed by atoms with van der Waals surface area (Å²) in [5.41, 5.74) is 2.47. The zero-order valence-corrected chi connectivity index (χ0v) is 17.1. The van der Waals surface area contributed by atoms with Crippen LogP contribution in [0.4, 0.5) is 0 Å². The number of pyridine rings is 1. The standard InChI is InChI=1S/C25H28N2O3/c28-22(15-27-11-1-8-25(17-27)9-10-25)16-30-23-6-4-18-2-3-19(12-21(18)13-23)20-5-7-24(29)26-14-20/h2-7,12-14,22,28H,1,8-11,15-17H2,(H,26,29). The molecule has 0 bridgehead atoms. The Morgan fingerprint density at radius 1 is 1.03 bits per heavy atom. The van der Waals surface area contributed by atoms with Crippen molar-refractivity contribution in [1.82, 2.24) is 9.88 Å². The minimum Gasteiger partial charge on any atom is -0.491 e. The Labute approximate surface area is 176 Å². The summed E-state index contributed by atoms with van der Waals surface area (Å²) in [5, 5.41) is 12.7. The van der Waals surface area contributed by atoms with Crippen LogP contribution in [0, 0.1) is 5.41 Å². The maximum atomic E-state index is 11.3. The SMILES string of the molecule is O=c1ccc(-c2ccc3ccc(OCC(O)CN4CCCC5(CC5)C4)cc3c2)c[nH]1. The van der Waals surface area contributed by atoms with Crippen molar-refractivity contribution in [3.05, 3.63) is 65.1 Å². The van der Waals surface area contributed by atoms with Gasteiger partial charge in [-0.3, -0.25) is 4.79 Å². The highest BCUT2D eigenvalue weighted by Crippen LogP contribution is 2.51. The Morgan fingerprint density at radius 2 is 1.87 bits per heavy atom. The van der Waals surface area contributed by atoms with Gasteiger partial charge in [0.15, 0.2) is 0 Å². The summed E-state index contributed by atoms with van der Waals surface area (Å²) in [6, 6.07) is 15.6. The first-order valence-corrected chi connectivity index (χ1v) is 10.8. The molecule has 1 spiro atoms. The van der Waals surface area contributed by atoms with Gasteiger partial charge in [0.05, 0.1) is 0 Å². The Morgan fingerprint density at radius 3 is 2.67 bits per heavy atom. The largest absolute Gasteiger partial charge is 0.491 e. The lowest BCUT2D eigenvalue weighted by Gasteiger charge is -2.34. The zero-order chi connectivity index (χ0) is 20.6. The number of aliphatic hydroxyl groups excluding tert-OH is 1. The number of hydrogen-bond donors (Lipinski definition) is 2. The summed E-state index contributed by atoms with van der Waals surface area (Å²) in [5.74, 6) is 0.762. The summed E-state index contributed by atoms with van der Waals surface area (Å²) >= 11 is 0. The number of likely N-dealkylation sites (tertiary alicyclic amines) is 1. The maximum Gasteiger partial charge on any atom is 0.247 e. The van der Waals surface area contributed by atoms with Crippen molar-refractivity contribution in [2.45, 2.75) is 31.8 Å². The fraction of sp³-hybridized carbons (Fsp3) is 0.400. The van der Waals surface area contributed by atoms with Gasteiger partial charge in [-0.25, -0.2) is 0 Å². The fourth-order valence-electron chi connectivity index (χ4n) is 4.68. The molecule has 1 aliphatic carbocycles. The second-order valence-electron chi connectivity index (χ2n) is 8.97. The smallest absolute Gasteiger partial charge is 0.247 e. The monoisotopic (exact) mass is 404 g/mol. The number of H-pyrrole nitrogens is 1. The van der Waals surface area contributed by atoms with Gasteiger partial charge in [0.2, 0.25) is 5.56 Å². The van der Waals surface area contributed by atoms with Crippen molar-refractivity contribution in [3.8, 4) is 16.9 Å². The van der Waals surface area contributed by atoms with E-state index in [1.165, 1.54) is 31.7 Å². The number of aromatic amines is 1. The van der Waals surface area contributed by atoms with E-state index in [4.69, 9.17) is 4.74 Å². The van der Waals surface area contributed by atoms with Gasteiger partial charge in [-0.15, -0.1) is 0 Å². The molecule has 2 aliphatic rings. The van der Waals surface area contributed by atoms with Crippen molar-refractivity contribution < 1.29 is 9.84 Å². The quantitative estimate of drug-likeness (QED) is 0.656. The fourth-order valence-corrected chi connectivity index (χ4v) is 4.68. The predicted octanol–water partition coefficient (Wildman–Crippen LogP) is 3.81. The van der Waals surface area contributed by atoms with E-state index in [0.717, 1.165) is 40.7 Å². The molecular formula is C25H28N2O3. The number of aromatic nitrogens is 1. The maximum absolute atomic E-state index is 11.3. The molecule has 1 aromatic heterocycles. The Kier molecular flexibility index (Phi) is 5.09. The number of piperidine rings is 1. The van der Waals surface area contributed by atoms with Gasteiger partial charge < -0.3 is 19.7 Å². The summed E-state index contributed by atoms with van der Waals surface area (Å²) in [7, 11) is 0. The molecule has 3 aromatic rings. The van der Waals surface area contributed by atoms with E-state index in [0.29, 0.717) is 18.6 Å². The molecule has 30 heavy (non-hydrogen) atoms. The van der Waals surface area contributed by atoms with Crippen LogP contribution in [0.3, 0.4) is 0 Å². The molecule has 2 N–H and O–H groups in total. The third-order valence-electron chi connectivity index (χ3n) is 6.54. The summed E-state index contributed by atoms with van der Waals surface area (Å²) in [4.78, 5) is 16.4. The van der Waals surface area contributed by atoms with Gasteiger partial charge in [0, 0.05) is 25.4 Å². The molecule has 0 amide bonds. The van der Waals surface area contributed by atoms with Crippen molar-refractivity contribution >= 4 is 10.8 Å². The number of nitrogens with zero attached hydrogens (tertiary/aromatic N) is 1. The number of aliphatic hydroxyl groups is 1. The van der Waals surface area contributed by atoms with Crippen LogP contribution in [-0.4, -0.2) is 47.3 Å². The summed E-state index contributed by atoms with van der Waals surface area (Å²) in [6.45, 7) is 3.20. The minimum absolute atomic E-state index is 0.106. The normalized spacial score (nSPS) is 19.1. The molecule has 2 fully saturated rings. The number of fused-ring (bicyclic) bond motifs is 1. The lowest BCUT2D eigenvalue weighted by Crippen LogP contribution is -2.42. The van der Waals surface area contributed by atoms with Crippen molar-refractivity contribution in [3.63, 3.8) is 0 Å². The van der Waals surface area contributed by atoms with E-state index in [9.17, 15) is 9.90 Å². The van der Waals surface area contributed by atoms with E-state index in [2.05, 4.69) is 22.0 Å². The van der Waals surface area contributed by atoms with Crippen molar-refractivity contribution in [2.75, 3.05) is 26.2 Å². The van der Waals surface area contributed by atoms with E-state index in [1.54, 1.807) is 6.20 Å². The molecule has 5 nitrogen and oxygen atoms in total. The predicted molar refractivity (Wildman–Crippen MR) is 119 cm³/mol. The molecule has 1 aliphatic heterocycles. The molecular weight excluding hydrogens is 376 g/mol. The number of ether oxygens (including phenoxy) is 1. The van der Waals surface area contributed by atoms with Gasteiger partial charge in [0.1, 0.15) is 18.5 Å². The van der Waals surface area contributed by atoms with Crippen LogP contribution < -0.4 is 10.3 Å². The molecule has 0 radical (unpaired) electrons. The third-order valence-corrected chi connectivity index (χ3v) is 6.54. The Hall–Kier alpha value is -2.63. The van der Waals surface area contributed by atoms with E-state index in [-0.39, 0.29) is 5.56 Å². The van der Waals surface area contributed by atoms with E-state index < -0.39 is 6.10 Å². The minimum atomic E-state index is -0.484. The van der Waals surface area contributed by atoms with Crippen LogP contribution in [0.15, 0.2) is 59.5 Å². The molecule has 156 valence electrons. The van der Waals surface area contributed by atoms with E-state index >= 15 is 0 Å². The van der Waals surface area contributed by atoms with Crippen LogP contribution in [0.5, 0.6) is 5.75 Å². The molecule has 5 rings (SSSR count). The molecule has 1 saturated carbocycles. The summed E-state index contributed by atoms with van der Waals surface area (Å²) in [6.07, 6.45) is 6.56. The lowest BCUT2D eigenvalue weighted by atomic mass is 9.95. The highest BCUT2D eigenvalue weighted by molar-refractivity contribution is 5.88. The van der Waals surface area contributed by atoms with Crippen molar-refractivity contribution in [2.24, 2.45) is 5.41 Å². The van der Waals surface area contributed by atoms with Gasteiger partial charge in [-0.2, -0.15) is 0 Å². The van der Waals surface area contributed by atoms with Gasteiger partial charge in [-0.1, -0.05) is 18.2 Å². The highest BCUT2D eigenvalue weighted by atomic mass is 16.5. The molecule has 1 saturated heterocycles. The second kappa shape index (κ2) is 7.89. The van der Waals surface area contributed by atoms with Gasteiger partial charge in [-0.05, 0) is 83.8 Å². The first-order valence-electron chi connectivity index (χ1n) is 10.8. The Bertz CT molecular complexity index is 1080. The first kappa shape index (κ1) is 19.3. The van der Waals surface area contributed by atoms with Crippen LogP contribution in [0.2, 0.25) is 0 Å². The van der Waals surface area contributed by atoms with Gasteiger partial charge >= 0.3 is 0 Å². The average molecular weight is 405 g/mol. The van der Waals surface area contributed by atoms with Crippen LogP contribution in [0.1, 0.15) is 25.7 Å². The molecule has 5 heteroatoms. The second-order valence-corrected chi connectivity index (χ2v) is 8.97. The number of rotatable bonds is 6. The molecule has 2 aromatic carbocycles. The van der Waals surface area contributed by atoms with Crippen molar-refractivity contribution in [1.29, 1.82) is 0 Å². The van der Waals surface area contributed by atoms with Crippen LogP contribution >= 0.6 is 0 Å².